The predicted octanol–water partition coefficient (Wildman–Crippen LogP) is 3.82. The Morgan fingerprint density at radius 1 is 1.03 bits per heavy atom. The van der Waals surface area contributed by atoms with E-state index in [0.29, 0.717) is 29.4 Å². The Bertz CT molecular complexity index is 1240. The average molecular weight is 470 g/mol. The molecule has 0 radical (unpaired) electrons. The molecule has 3 aromatic rings. The van der Waals surface area contributed by atoms with Crippen LogP contribution in [0, 0.1) is 0 Å². The van der Waals surface area contributed by atoms with E-state index in [1.807, 2.05) is 0 Å². The molecular formula is C20H18F3N3O3S2. The first kappa shape index (κ1) is 21.7. The standard InChI is InChI=1S/C20H18F3N3O3S2/c21-20(22,23)15-5-3-14(4-6-15)19-24-16(13-30-19)11-25-12-17(7-8-18(25)27)31(28,29)26-9-1-2-10-26/h3-8,12-13H,1-2,9-11H2. The summed E-state index contributed by atoms with van der Waals surface area (Å²) in [6, 6.07) is 7.20. The average Bonchev–Trinajstić information content (AvgIpc) is 3.41. The van der Waals surface area contributed by atoms with Crippen LogP contribution in [0.25, 0.3) is 10.6 Å². The lowest BCUT2D eigenvalue weighted by Crippen LogP contribution is -2.29. The molecule has 0 N–H and O–H groups in total. The smallest absolute Gasteiger partial charge is 0.308 e. The van der Waals surface area contributed by atoms with Gasteiger partial charge in [0.1, 0.15) is 5.01 Å². The fourth-order valence-corrected chi connectivity index (χ4v) is 5.71. The van der Waals surface area contributed by atoms with Crippen LogP contribution in [-0.2, 0) is 22.7 Å². The van der Waals surface area contributed by atoms with Crippen molar-refractivity contribution in [2.75, 3.05) is 13.1 Å². The number of alkyl halides is 3. The monoisotopic (exact) mass is 469 g/mol. The molecule has 0 unspecified atom stereocenters. The summed E-state index contributed by atoms with van der Waals surface area (Å²) in [5, 5.41) is 2.21. The maximum absolute atomic E-state index is 12.8. The van der Waals surface area contributed by atoms with Crippen molar-refractivity contribution >= 4 is 21.4 Å². The van der Waals surface area contributed by atoms with Gasteiger partial charge in [-0.3, -0.25) is 4.79 Å². The molecule has 1 saturated heterocycles. The van der Waals surface area contributed by atoms with Gasteiger partial charge in [0.2, 0.25) is 10.0 Å². The minimum Gasteiger partial charge on any atom is -0.308 e. The number of hydrogen-bond acceptors (Lipinski definition) is 5. The second-order valence-corrected chi connectivity index (χ2v) is 9.96. The van der Waals surface area contributed by atoms with E-state index in [2.05, 4.69) is 4.98 Å². The summed E-state index contributed by atoms with van der Waals surface area (Å²) in [6.45, 7) is 0.980. The molecule has 0 amide bonds. The summed E-state index contributed by atoms with van der Waals surface area (Å²) in [5.41, 5.74) is -0.0697. The van der Waals surface area contributed by atoms with Gasteiger partial charge in [-0.1, -0.05) is 12.1 Å². The summed E-state index contributed by atoms with van der Waals surface area (Å²) in [4.78, 5) is 16.7. The minimum atomic E-state index is -4.41. The lowest BCUT2D eigenvalue weighted by atomic mass is 10.1. The van der Waals surface area contributed by atoms with Crippen molar-refractivity contribution in [1.82, 2.24) is 13.9 Å². The molecule has 1 aromatic carbocycles. The molecule has 1 aliphatic rings. The second kappa shape index (κ2) is 8.21. The molecule has 3 heterocycles. The highest BCUT2D eigenvalue weighted by Gasteiger charge is 2.30. The summed E-state index contributed by atoms with van der Waals surface area (Å²) >= 11 is 1.24. The lowest BCUT2D eigenvalue weighted by Gasteiger charge is -2.16. The molecule has 0 saturated carbocycles. The van der Waals surface area contributed by atoms with Crippen molar-refractivity contribution in [3.63, 3.8) is 0 Å². The maximum atomic E-state index is 12.8. The predicted molar refractivity (Wildman–Crippen MR) is 110 cm³/mol. The van der Waals surface area contributed by atoms with E-state index in [-0.39, 0.29) is 17.0 Å². The van der Waals surface area contributed by atoms with Gasteiger partial charge in [0.25, 0.3) is 5.56 Å². The molecule has 4 rings (SSSR count). The Morgan fingerprint density at radius 3 is 2.35 bits per heavy atom. The van der Waals surface area contributed by atoms with Crippen LogP contribution >= 0.6 is 11.3 Å². The Balaban J connectivity index is 1.57. The van der Waals surface area contributed by atoms with Gasteiger partial charge >= 0.3 is 6.18 Å². The van der Waals surface area contributed by atoms with Crippen LogP contribution < -0.4 is 5.56 Å². The van der Waals surface area contributed by atoms with Gasteiger partial charge in [-0.2, -0.15) is 17.5 Å². The fraction of sp³-hybridized carbons (Fsp3) is 0.300. The number of benzene rings is 1. The van der Waals surface area contributed by atoms with Crippen LogP contribution in [0.5, 0.6) is 0 Å². The van der Waals surface area contributed by atoms with Gasteiger partial charge in [-0.05, 0) is 31.0 Å². The Hall–Kier alpha value is -2.50. The van der Waals surface area contributed by atoms with E-state index in [1.54, 1.807) is 5.38 Å². The number of hydrogen-bond donors (Lipinski definition) is 0. The molecule has 11 heteroatoms. The summed E-state index contributed by atoms with van der Waals surface area (Å²) in [6.07, 6.45) is -1.48. The molecule has 0 spiro atoms. The van der Waals surface area contributed by atoms with Crippen molar-refractivity contribution in [2.45, 2.75) is 30.5 Å². The molecule has 2 aromatic heterocycles. The van der Waals surface area contributed by atoms with Crippen LogP contribution in [0.2, 0.25) is 0 Å². The van der Waals surface area contributed by atoms with Crippen molar-refractivity contribution in [3.05, 3.63) is 69.6 Å². The number of pyridine rings is 1. The first-order valence-corrected chi connectivity index (χ1v) is 11.8. The first-order valence-electron chi connectivity index (χ1n) is 9.47. The third-order valence-electron chi connectivity index (χ3n) is 5.00. The number of nitrogens with zero attached hydrogens (tertiary/aromatic N) is 3. The third kappa shape index (κ3) is 4.58. The number of thiazole rings is 1. The highest BCUT2D eigenvalue weighted by atomic mass is 32.2. The van der Waals surface area contributed by atoms with Gasteiger partial charge in [0.05, 0.1) is 22.7 Å². The molecule has 0 atom stereocenters. The first-order chi connectivity index (χ1) is 14.6. The minimum absolute atomic E-state index is 0.0483. The van der Waals surface area contributed by atoms with Crippen LogP contribution in [-0.4, -0.2) is 35.4 Å². The van der Waals surface area contributed by atoms with Crippen molar-refractivity contribution in [3.8, 4) is 10.6 Å². The van der Waals surface area contributed by atoms with Gasteiger partial charge in [-0.15, -0.1) is 11.3 Å². The summed E-state index contributed by atoms with van der Waals surface area (Å²) < 4.78 is 66.4. The second-order valence-electron chi connectivity index (χ2n) is 7.16. The molecule has 31 heavy (non-hydrogen) atoms. The fourth-order valence-electron chi connectivity index (χ4n) is 3.35. The quantitative estimate of drug-likeness (QED) is 0.570. The maximum Gasteiger partial charge on any atom is 0.416 e. The zero-order chi connectivity index (χ0) is 22.2. The topological polar surface area (TPSA) is 72.3 Å². The van der Waals surface area contributed by atoms with Gasteiger partial charge in [0, 0.05) is 36.3 Å². The van der Waals surface area contributed by atoms with Gasteiger partial charge < -0.3 is 4.57 Å². The van der Waals surface area contributed by atoms with Crippen molar-refractivity contribution in [1.29, 1.82) is 0 Å². The van der Waals surface area contributed by atoms with Crippen LogP contribution in [0.15, 0.2) is 57.7 Å². The molecule has 0 aliphatic carbocycles. The van der Waals surface area contributed by atoms with Crippen LogP contribution in [0.4, 0.5) is 13.2 Å². The van der Waals surface area contributed by atoms with E-state index in [0.717, 1.165) is 25.0 Å². The Kier molecular flexibility index (Phi) is 5.75. The SMILES string of the molecule is O=c1ccc(S(=O)(=O)N2CCCC2)cn1Cc1csc(-c2ccc(C(F)(F)F)cc2)n1. The molecule has 1 fully saturated rings. The number of rotatable bonds is 5. The Labute approximate surface area is 180 Å². The van der Waals surface area contributed by atoms with E-state index in [1.165, 1.54) is 50.7 Å². The zero-order valence-electron chi connectivity index (χ0n) is 16.2. The van der Waals surface area contributed by atoms with Crippen molar-refractivity contribution < 1.29 is 21.6 Å². The number of aromatic nitrogens is 2. The van der Waals surface area contributed by atoms with E-state index < -0.39 is 21.8 Å². The van der Waals surface area contributed by atoms with Gasteiger partial charge in [-0.25, -0.2) is 13.4 Å². The number of halogens is 3. The van der Waals surface area contributed by atoms with Crippen LogP contribution in [0.1, 0.15) is 24.1 Å². The Morgan fingerprint density at radius 2 is 1.71 bits per heavy atom. The highest BCUT2D eigenvalue weighted by molar-refractivity contribution is 7.89. The van der Waals surface area contributed by atoms with E-state index in [9.17, 15) is 26.4 Å². The molecule has 1 aliphatic heterocycles. The molecule has 0 bridgehead atoms. The van der Waals surface area contributed by atoms with Crippen LogP contribution in [0.3, 0.4) is 0 Å². The van der Waals surface area contributed by atoms with E-state index in [4.69, 9.17) is 0 Å². The largest absolute Gasteiger partial charge is 0.416 e. The highest BCUT2D eigenvalue weighted by Crippen LogP contribution is 2.32. The molecule has 164 valence electrons. The van der Waals surface area contributed by atoms with Crippen molar-refractivity contribution in [2.24, 2.45) is 0 Å². The summed E-state index contributed by atoms with van der Waals surface area (Å²) in [7, 11) is -3.66. The normalized spacial score (nSPS) is 15.5. The third-order valence-corrected chi connectivity index (χ3v) is 7.82. The molecule has 6 nitrogen and oxygen atoms in total. The van der Waals surface area contributed by atoms with E-state index >= 15 is 0 Å². The number of sulfonamides is 1. The zero-order valence-corrected chi connectivity index (χ0v) is 17.8. The molecular weight excluding hydrogens is 451 g/mol. The summed E-state index contributed by atoms with van der Waals surface area (Å²) in [5.74, 6) is 0. The lowest BCUT2D eigenvalue weighted by molar-refractivity contribution is -0.137. The van der Waals surface area contributed by atoms with Gasteiger partial charge in [0.15, 0.2) is 0 Å².